The number of amides is 8. The van der Waals surface area contributed by atoms with Crippen LogP contribution in [-0.2, 0) is 19.2 Å². The number of para-hydroxylation sites is 1. The third-order valence-corrected chi connectivity index (χ3v) is 17.9. The van der Waals surface area contributed by atoms with E-state index in [1.54, 1.807) is 132 Å². The molecule has 4 aliphatic rings. The molecule has 32 nitrogen and oxygen atoms in total. The van der Waals surface area contributed by atoms with Gasteiger partial charge in [0.15, 0.2) is 40.2 Å². The minimum absolute atomic E-state index is 0.0771. The average molecular weight is 1470 g/mol. The van der Waals surface area contributed by atoms with Gasteiger partial charge in [0.25, 0.3) is 47.3 Å². The van der Waals surface area contributed by atoms with Crippen molar-refractivity contribution in [2.24, 2.45) is 22.9 Å². The number of nitrogens with zero attached hydrogens (tertiary/aromatic N) is 16. The van der Waals surface area contributed by atoms with Gasteiger partial charge in [-0.15, -0.1) is 0 Å². The first kappa shape index (κ1) is 74.4. The molecule has 0 bridgehead atoms. The van der Waals surface area contributed by atoms with E-state index in [0.29, 0.717) is 99.0 Å². The molecule has 548 valence electrons. The zero-order valence-electron chi connectivity index (χ0n) is 58.5. The number of halogens is 1. The summed E-state index contributed by atoms with van der Waals surface area (Å²) in [7, 11) is 6.50. The van der Waals surface area contributed by atoms with Crippen molar-refractivity contribution < 1.29 is 63.2 Å². The van der Waals surface area contributed by atoms with Gasteiger partial charge in [0.1, 0.15) is 11.5 Å². The Labute approximate surface area is 618 Å². The monoisotopic (exact) mass is 1470 g/mol. The number of rotatable bonds is 8. The standard InChI is InChI=1S/C20H16FN5O3.2C20H17N5O3.C16H15N5O3/c1-25-9-7-20(29,19(25)28)6-4-12-5-8-23-16(10-12)26-15-3-2-13(21)11-14(15)17(24-26)18(22)27;1-24-11-9-20(28,19(24)27)8-7-13-4-2-5-14(12-13)25-18-15(6-3-10-22-18)16(23-25)17(21)26;1-24-11-9-20(28,19(24)27)8-6-13-7-10-22-16(12-13)25-15-5-3-2-4-14(15)17(23-25)18(21)26;1-20-9-6-16(24,15(20)23)5-2-11-3-7-18-13(10-11)21-8-4-12(19-21)14(17)22/h2-3,5,8,10-11,29H,7,9H2,1H3,(H2,22,27);2-6,10,12,28H,9,11H2,1H3,(H2,21,26);2-5,7,10,12,28H,9,11H2,1H3,(H2,21,26);3-4,7-8,10,24H,6,9H2,1H3,(H2,17,22)/t3*20-;16-/m0000/s1. The number of pyridine rings is 4. The summed E-state index contributed by atoms with van der Waals surface area (Å²) < 4.78 is 19.4. The van der Waals surface area contributed by atoms with Gasteiger partial charge < -0.3 is 63.0 Å². The van der Waals surface area contributed by atoms with E-state index in [4.69, 9.17) is 22.9 Å². The predicted molar refractivity (Wildman–Crippen MR) is 388 cm³/mol. The van der Waals surface area contributed by atoms with Crippen LogP contribution in [0.25, 0.3) is 56.0 Å². The van der Waals surface area contributed by atoms with Crippen molar-refractivity contribution in [3.05, 3.63) is 203 Å². The molecule has 15 rings (SSSR count). The van der Waals surface area contributed by atoms with Crippen LogP contribution < -0.4 is 22.9 Å². The molecule has 0 radical (unpaired) electrons. The highest BCUT2D eigenvalue weighted by Gasteiger charge is 2.45. The van der Waals surface area contributed by atoms with Crippen LogP contribution in [0.5, 0.6) is 0 Å². The molecule has 11 aromatic rings. The van der Waals surface area contributed by atoms with Crippen LogP contribution in [0.1, 0.15) is 89.9 Å². The number of fused-ring (bicyclic) bond motifs is 3. The second-order valence-electron chi connectivity index (χ2n) is 25.5. The normalized spacial score (nSPS) is 19.1. The van der Waals surface area contributed by atoms with Crippen molar-refractivity contribution in [1.29, 1.82) is 0 Å². The van der Waals surface area contributed by atoms with E-state index in [9.17, 15) is 63.2 Å². The van der Waals surface area contributed by atoms with Gasteiger partial charge in [-0.3, -0.25) is 38.4 Å². The summed E-state index contributed by atoms with van der Waals surface area (Å²) in [5.41, 5.74) is 19.5. The lowest BCUT2D eigenvalue weighted by molar-refractivity contribution is -0.138. The van der Waals surface area contributed by atoms with E-state index in [1.807, 2.05) is 12.1 Å². The average Bonchev–Trinajstić information content (AvgIpc) is 2.52. The highest BCUT2D eigenvalue weighted by atomic mass is 19.1. The van der Waals surface area contributed by atoms with Gasteiger partial charge in [-0.05, 0) is 97.1 Å². The van der Waals surface area contributed by atoms with E-state index in [-0.39, 0.29) is 53.8 Å². The number of nitrogens with two attached hydrogens (primary N) is 4. The summed E-state index contributed by atoms with van der Waals surface area (Å²) in [6.45, 7) is 1.82. The van der Waals surface area contributed by atoms with Gasteiger partial charge in [-0.2, -0.15) is 20.4 Å². The molecular weight excluding hydrogens is 1400 g/mol. The number of hydrogen-bond donors (Lipinski definition) is 8. The molecule has 4 saturated heterocycles. The van der Waals surface area contributed by atoms with Gasteiger partial charge in [0.05, 0.1) is 22.1 Å². The molecule has 0 saturated carbocycles. The quantitative estimate of drug-likeness (QED) is 0.0977. The van der Waals surface area contributed by atoms with Gasteiger partial charge in [0, 0.05) is 144 Å². The zero-order chi connectivity index (χ0) is 77.9. The molecule has 0 spiro atoms. The lowest BCUT2D eigenvalue weighted by atomic mass is 10.0. The third-order valence-electron chi connectivity index (χ3n) is 17.9. The summed E-state index contributed by atoms with van der Waals surface area (Å²) >= 11 is 0. The molecule has 8 amide bonds. The third kappa shape index (κ3) is 15.4. The van der Waals surface area contributed by atoms with Gasteiger partial charge in [0.2, 0.25) is 22.4 Å². The maximum Gasteiger partial charge on any atom is 0.269 e. The Bertz CT molecular complexity index is 5680. The fraction of sp³-hybridized carbons (Fsp3) is 0.211. The van der Waals surface area contributed by atoms with E-state index in [1.165, 1.54) is 75.0 Å². The van der Waals surface area contributed by atoms with Gasteiger partial charge in [-0.1, -0.05) is 71.6 Å². The number of primary amides is 4. The van der Waals surface area contributed by atoms with Crippen LogP contribution in [0, 0.1) is 53.2 Å². The second-order valence-corrected chi connectivity index (χ2v) is 25.5. The predicted octanol–water partition coefficient (Wildman–Crippen LogP) is 0.842. The number of likely N-dealkylation sites (N-methyl/N-ethyl adjacent to an activating group) is 4. The summed E-state index contributed by atoms with van der Waals surface area (Å²) in [5.74, 6) is 18.3. The molecular formula is C76H65FN20O12. The van der Waals surface area contributed by atoms with Crippen LogP contribution in [0.15, 0.2) is 152 Å². The molecule has 12 N–H and O–H groups in total. The minimum atomic E-state index is -1.72. The van der Waals surface area contributed by atoms with Crippen molar-refractivity contribution >= 4 is 80.1 Å². The number of aromatic nitrogens is 12. The fourth-order valence-corrected chi connectivity index (χ4v) is 11.9. The summed E-state index contributed by atoms with van der Waals surface area (Å²) in [6.07, 6.45) is 8.75. The van der Waals surface area contributed by atoms with E-state index >= 15 is 0 Å². The first-order chi connectivity index (χ1) is 51.9. The van der Waals surface area contributed by atoms with Crippen molar-refractivity contribution in [3.63, 3.8) is 0 Å². The van der Waals surface area contributed by atoms with Crippen molar-refractivity contribution in [1.82, 2.24) is 78.7 Å². The first-order valence-electron chi connectivity index (χ1n) is 33.2. The molecule has 0 unspecified atom stereocenters. The highest BCUT2D eigenvalue weighted by Crippen LogP contribution is 2.29. The number of hydrogen-bond acceptors (Lipinski definition) is 20. The maximum atomic E-state index is 13.6. The van der Waals surface area contributed by atoms with E-state index in [2.05, 4.69) is 87.7 Å². The number of likely N-dealkylation sites (tertiary alicyclic amines) is 4. The minimum Gasteiger partial charge on any atom is -0.369 e. The SMILES string of the molecule is CN1CC[C@@](O)(C#Cc2cccc(-n3nc(C(N)=O)c4cccnc43)c2)C1=O.CN1CC[C@@](O)(C#Cc2ccnc(-n3ccc(C(N)=O)n3)c2)C1=O.CN1CC[C@@](O)(C#Cc2ccnc(-n3nc(C(N)=O)c4cc(F)ccc43)c2)C1=O.CN1CC[C@@](O)(C#Cc2ccnc(-n3nc(C(N)=O)c4ccccc43)c2)C1=O. The topological polar surface area (TPSA) is 457 Å². The fourth-order valence-electron chi connectivity index (χ4n) is 11.9. The van der Waals surface area contributed by atoms with E-state index < -0.39 is 75.5 Å². The van der Waals surface area contributed by atoms with Crippen LogP contribution in [0.3, 0.4) is 0 Å². The zero-order valence-corrected chi connectivity index (χ0v) is 58.5. The van der Waals surface area contributed by atoms with Crippen molar-refractivity contribution in [2.75, 3.05) is 54.4 Å². The Morgan fingerprint density at radius 2 is 0.826 bits per heavy atom. The Balaban J connectivity index is 0.000000136. The lowest BCUT2D eigenvalue weighted by Gasteiger charge is -2.13. The van der Waals surface area contributed by atoms with Gasteiger partial charge >= 0.3 is 0 Å². The Kier molecular flexibility index (Phi) is 20.5. The summed E-state index contributed by atoms with van der Waals surface area (Å²) in [6, 6.07) is 32.9. The molecule has 4 fully saturated rings. The largest absolute Gasteiger partial charge is 0.369 e. The number of carbonyl (C=O) groups excluding carboxylic acids is 8. The molecule has 12 heterocycles. The molecule has 0 aliphatic carbocycles. The molecule has 4 atom stereocenters. The Hall–Kier alpha value is -14.4. The molecule has 4 aliphatic heterocycles. The Morgan fingerprint density at radius 1 is 0.413 bits per heavy atom. The van der Waals surface area contributed by atoms with Crippen molar-refractivity contribution in [2.45, 2.75) is 48.1 Å². The molecule has 33 heteroatoms. The van der Waals surface area contributed by atoms with Gasteiger partial charge in [-0.25, -0.2) is 43.1 Å². The van der Waals surface area contributed by atoms with Crippen LogP contribution in [0.2, 0.25) is 0 Å². The summed E-state index contributed by atoms with van der Waals surface area (Å²) in [5, 5.41) is 59.8. The van der Waals surface area contributed by atoms with Crippen LogP contribution in [0.4, 0.5) is 4.39 Å². The second kappa shape index (κ2) is 30.0. The number of carbonyl (C=O) groups is 8. The van der Waals surface area contributed by atoms with E-state index in [0.717, 1.165) is 0 Å². The Morgan fingerprint density at radius 3 is 1.28 bits per heavy atom. The van der Waals surface area contributed by atoms with Crippen LogP contribution >= 0.6 is 0 Å². The number of aliphatic hydroxyl groups is 4. The highest BCUT2D eigenvalue weighted by molar-refractivity contribution is 6.06. The molecule has 8 aromatic heterocycles. The number of benzene rings is 3. The lowest BCUT2D eigenvalue weighted by Crippen LogP contribution is -2.37. The maximum absolute atomic E-state index is 13.6. The van der Waals surface area contributed by atoms with Crippen molar-refractivity contribution in [3.8, 4) is 70.5 Å². The van der Waals surface area contributed by atoms with Crippen LogP contribution in [-0.4, -0.2) is 223 Å². The first-order valence-corrected chi connectivity index (χ1v) is 33.2. The summed E-state index contributed by atoms with van der Waals surface area (Å²) in [4.78, 5) is 117. The molecule has 109 heavy (non-hydrogen) atoms. The smallest absolute Gasteiger partial charge is 0.269 e. The molecule has 3 aromatic carbocycles.